The van der Waals surface area contributed by atoms with Gasteiger partial charge >= 0.3 is 0 Å². The van der Waals surface area contributed by atoms with Crippen LogP contribution in [-0.4, -0.2) is 5.78 Å². The van der Waals surface area contributed by atoms with Crippen molar-refractivity contribution in [1.29, 1.82) is 0 Å². The highest BCUT2D eigenvalue weighted by Gasteiger charge is 2.24. The van der Waals surface area contributed by atoms with Gasteiger partial charge in [-0.05, 0) is 23.7 Å². The fourth-order valence-electron chi connectivity index (χ4n) is 1.37. The molecule has 3 nitrogen and oxygen atoms in total. The van der Waals surface area contributed by atoms with Crippen molar-refractivity contribution in [3.63, 3.8) is 0 Å². The Balaban J connectivity index is 3.27. The van der Waals surface area contributed by atoms with Gasteiger partial charge in [-0.2, -0.15) is 0 Å². The van der Waals surface area contributed by atoms with E-state index in [-0.39, 0.29) is 5.78 Å². The molecule has 3 heteroatoms. The number of rotatable bonds is 2. The number of hydrogen-bond acceptors (Lipinski definition) is 3. The third-order valence-corrected chi connectivity index (χ3v) is 2.33. The van der Waals surface area contributed by atoms with Gasteiger partial charge in [0, 0.05) is 11.0 Å². The van der Waals surface area contributed by atoms with E-state index in [9.17, 15) is 9.70 Å². The van der Waals surface area contributed by atoms with Gasteiger partial charge in [-0.3, -0.25) is 4.79 Å². The molecule has 0 atom stereocenters. The predicted octanol–water partition coefficient (Wildman–Crippen LogP) is 3.62. The van der Waals surface area contributed by atoms with Gasteiger partial charge in [0.2, 0.25) is 0 Å². The van der Waals surface area contributed by atoms with Gasteiger partial charge < -0.3 is 0 Å². The van der Waals surface area contributed by atoms with Crippen molar-refractivity contribution in [1.82, 2.24) is 0 Å². The van der Waals surface area contributed by atoms with Gasteiger partial charge in [-0.15, -0.1) is 4.91 Å². The van der Waals surface area contributed by atoms with Crippen LogP contribution >= 0.6 is 0 Å². The Bertz CT molecular complexity index is 403. The molecule has 0 radical (unpaired) electrons. The molecule has 15 heavy (non-hydrogen) atoms. The standard InChI is InChI=1S/C12H15NO2/c1-8-9(11(14)12(2,3)4)6-5-7-10(8)13-15/h5-7H,1-4H3. The average molecular weight is 205 g/mol. The van der Waals surface area contributed by atoms with Crippen molar-refractivity contribution in [3.8, 4) is 0 Å². The van der Waals surface area contributed by atoms with E-state index < -0.39 is 5.41 Å². The smallest absolute Gasteiger partial charge is 0.168 e. The van der Waals surface area contributed by atoms with Crippen LogP contribution in [0.4, 0.5) is 5.69 Å². The number of ketones is 1. The molecular weight excluding hydrogens is 190 g/mol. The molecule has 0 saturated heterocycles. The summed E-state index contributed by atoms with van der Waals surface area (Å²) in [5, 5.41) is 2.89. The van der Waals surface area contributed by atoms with Gasteiger partial charge in [0.25, 0.3) is 0 Å². The monoisotopic (exact) mass is 205 g/mol. The van der Waals surface area contributed by atoms with Gasteiger partial charge in [-0.1, -0.05) is 32.9 Å². The molecule has 0 aliphatic carbocycles. The van der Waals surface area contributed by atoms with E-state index in [1.165, 1.54) is 0 Å². The lowest BCUT2D eigenvalue weighted by Crippen LogP contribution is -2.21. The third-order valence-electron chi connectivity index (χ3n) is 2.33. The van der Waals surface area contributed by atoms with Crippen LogP contribution in [0.1, 0.15) is 36.7 Å². The first-order valence-corrected chi connectivity index (χ1v) is 4.85. The van der Waals surface area contributed by atoms with Crippen molar-refractivity contribution in [3.05, 3.63) is 34.2 Å². The molecule has 0 unspecified atom stereocenters. The minimum atomic E-state index is -0.438. The zero-order valence-electron chi connectivity index (χ0n) is 9.50. The van der Waals surface area contributed by atoms with Crippen molar-refractivity contribution in [2.75, 3.05) is 0 Å². The number of nitrogens with zero attached hydrogens (tertiary/aromatic N) is 1. The molecule has 1 aromatic carbocycles. The van der Waals surface area contributed by atoms with E-state index in [1.807, 2.05) is 20.8 Å². The minimum absolute atomic E-state index is 0.0329. The van der Waals surface area contributed by atoms with Crippen LogP contribution in [0.25, 0.3) is 0 Å². The summed E-state index contributed by atoms with van der Waals surface area (Å²) in [6, 6.07) is 5.03. The molecule has 1 aromatic rings. The zero-order valence-corrected chi connectivity index (χ0v) is 9.50. The summed E-state index contributed by atoms with van der Waals surface area (Å²) in [7, 11) is 0. The average Bonchev–Trinajstić information content (AvgIpc) is 2.16. The van der Waals surface area contributed by atoms with E-state index in [4.69, 9.17) is 0 Å². The molecule has 0 heterocycles. The number of Topliss-reactive ketones (excluding diaryl/α,β-unsaturated/α-hetero) is 1. The van der Waals surface area contributed by atoms with Crippen molar-refractivity contribution in [2.45, 2.75) is 27.7 Å². The quantitative estimate of drug-likeness (QED) is 0.546. The lowest BCUT2D eigenvalue weighted by Gasteiger charge is -2.18. The molecule has 80 valence electrons. The zero-order chi connectivity index (χ0) is 11.6. The molecule has 0 aliphatic heterocycles. The van der Waals surface area contributed by atoms with Crippen LogP contribution in [0.15, 0.2) is 23.4 Å². The van der Waals surface area contributed by atoms with Crippen LogP contribution in [-0.2, 0) is 0 Å². The highest BCUT2D eigenvalue weighted by atomic mass is 16.3. The Morgan fingerprint density at radius 2 is 1.87 bits per heavy atom. The van der Waals surface area contributed by atoms with Crippen molar-refractivity contribution in [2.24, 2.45) is 10.6 Å². The first-order valence-electron chi connectivity index (χ1n) is 4.85. The van der Waals surface area contributed by atoms with Gasteiger partial charge in [0.05, 0.1) is 0 Å². The highest BCUT2D eigenvalue weighted by Crippen LogP contribution is 2.27. The molecule has 0 aromatic heterocycles. The molecule has 0 spiro atoms. The Morgan fingerprint density at radius 3 is 2.33 bits per heavy atom. The van der Waals surface area contributed by atoms with E-state index >= 15 is 0 Å². The van der Waals surface area contributed by atoms with Gasteiger partial charge in [-0.25, -0.2) is 0 Å². The molecule has 0 saturated carbocycles. The first-order chi connectivity index (χ1) is 6.88. The van der Waals surface area contributed by atoms with E-state index in [1.54, 1.807) is 25.1 Å². The van der Waals surface area contributed by atoms with Crippen molar-refractivity contribution >= 4 is 11.5 Å². The maximum Gasteiger partial charge on any atom is 0.168 e. The number of hydrogen-bond donors (Lipinski definition) is 0. The summed E-state index contributed by atoms with van der Waals surface area (Å²) >= 11 is 0. The molecule has 0 fully saturated rings. The second kappa shape index (κ2) is 3.93. The summed E-state index contributed by atoms with van der Waals surface area (Å²) < 4.78 is 0. The summed E-state index contributed by atoms with van der Waals surface area (Å²) in [6.07, 6.45) is 0. The predicted molar refractivity (Wildman–Crippen MR) is 60.4 cm³/mol. The summed E-state index contributed by atoms with van der Waals surface area (Å²) in [5.41, 5.74) is 1.14. The maximum absolute atomic E-state index is 12.0. The van der Waals surface area contributed by atoms with E-state index in [0.717, 1.165) is 0 Å². The molecular formula is C12H15NO2. The topological polar surface area (TPSA) is 46.5 Å². The largest absolute Gasteiger partial charge is 0.294 e. The number of carbonyl (C=O) groups is 1. The fraction of sp³-hybridized carbons (Fsp3) is 0.417. The maximum atomic E-state index is 12.0. The van der Waals surface area contributed by atoms with Crippen LogP contribution in [0, 0.1) is 17.2 Å². The Labute approximate surface area is 89.5 Å². The second-order valence-electron chi connectivity index (χ2n) is 4.62. The first kappa shape index (κ1) is 11.6. The normalized spacial score (nSPS) is 11.2. The Kier molecular flexibility index (Phi) is 3.03. The van der Waals surface area contributed by atoms with Gasteiger partial charge in [0.15, 0.2) is 5.78 Å². The summed E-state index contributed by atoms with van der Waals surface area (Å²) in [4.78, 5) is 22.5. The number of benzene rings is 1. The van der Waals surface area contributed by atoms with Crippen LogP contribution in [0.5, 0.6) is 0 Å². The van der Waals surface area contributed by atoms with Crippen molar-refractivity contribution < 1.29 is 4.79 Å². The number of nitroso groups, excluding NO2 is 1. The Hall–Kier alpha value is -1.51. The number of carbonyl (C=O) groups excluding carboxylic acids is 1. The molecule has 0 aliphatic rings. The third kappa shape index (κ3) is 2.29. The fourth-order valence-corrected chi connectivity index (χ4v) is 1.37. The summed E-state index contributed by atoms with van der Waals surface area (Å²) in [6.45, 7) is 7.32. The molecule has 1 rings (SSSR count). The minimum Gasteiger partial charge on any atom is -0.294 e. The van der Waals surface area contributed by atoms with Crippen LogP contribution in [0.2, 0.25) is 0 Å². The molecule has 0 amide bonds. The summed E-state index contributed by atoms with van der Waals surface area (Å²) in [5.74, 6) is 0.0329. The Morgan fingerprint density at radius 1 is 1.27 bits per heavy atom. The van der Waals surface area contributed by atoms with Crippen LogP contribution in [0.3, 0.4) is 0 Å². The van der Waals surface area contributed by atoms with Gasteiger partial charge in [0.1, 0.15) is 5.69 Å². The van der Waals surface area contributed by atoms with Crippen LogP contribution < -0.4 is 0 Å². The SMILES string of the molecule is Cc1c(N=O)cccc1C(=O)C(C)(C)C. The highest BCUT2D eigenvalue weighted by molar-refractivity contribution is 6.01. The lowest BCUT2D eigenvalue weighted by molar-refractivity contribution is 0.0857. The molecule has 0 bridgehead atoms. The molecule has 0 N–H and O–H groups in total. The van der Waals surface area contributed by atoms with E-state index in [0.29, 0.717) is 16.8 Å². The van der Waals surface area contributed by atoms with E-state index in [2.05, 4.69) is 5.18 Å². The second-order valence-corrected chi connectivity index (χ2v) is 4.62. The lowest BCUT2D eigenvalue weighted by atomic mass is 9.84.